The zero-order valence-corrected chi connectivity index (χ0v) is 60.7. The van der Waals surface area contributed by atoms with Crippen LogP contribution in [-0.4, -0.2) is 13.4 Å². The summed E-state index contributed by atoms with van der Waals surface area (Å²) in [6.45, 7) is 54.7. The largest absolute Gasteiger partial charge is 0.458 e. The Kier molecular flexibility index (Phi) is 14.9. The minimum absolute atomic E-state index is 0.0183. The predicted octanol–water partition coefficient (Wildman–Crippen LogP) is 20.5. The minimum atomic E-state index is -0.263. The van der Waals surface area contributed by atoms with E-state index in [9.17, 15) is 0 Å². The van der Waals surface area contributed by atoms with Crippen LogP contribution >= 0.6 is 0 Å². The van der Waals surface area contributed by atoms with Gasteiger partial charge in [0.1, 0.15) is 46.0 Å². The summed E-state index contributed by atoms with van der Waals surface area (Å²) in [7, 11) is 0. The maximum Gasteiger partial charge on any atom is 0.261 e. The number of ether oxygens (including phenoxy) is 4. The van der Waals surface area contributed by atoms with Gasteiger partial charge in [0.25, 0.3) is 13.4 Å². The molecule has 0 fully saturated rings. The lowest BCUT2D eigenvalue weighted by atomic mass is 9.30. The first-order chi connectivity index (χ1) is 43.6. The summed E-state index contributed by atoms with van der Waals surface area (Å²) in [5.41, 5.74) is 21.8. The first-order valence-corrected chi connectivity index (χ1v) is 34.3. The van der Waals surface area contributed by atoms with Crippen LogP contribution in [0.4, 0.5) is 34.1 Å². The summed E-state index contributed by atoms with van der Waals surface area (Å²) in [5.74, 6) is 6.34. The van der Waals surface area contributed by atoms with E-state index in [0.29, 0.717) is 0 Å². The number of benzene rings is 9. The van der Waals surface area contributed by atoms with E-state index in [2.05, 4.69) is 334 Å². The van der Waals surface area contributed by atoms with Crippen molar-refractivity contribution in [3.8, 4) is 46.0 Å². The van der Waals surface area contributed by atoms with Gasteiger partial charge in [-0.3, -0.25) is 0 Å². The molecule has 4 heterocycles. The highest BCUT2D eigenvalue weighted by molar-refractivity contribution is 7.01. The third-order valence-corrected chi connectivity index (χ3v) is 20.1. The average Bonchev–Trinajstić information content (AvgIpc) is 0.679. The van der Waals surface area contributed by atoms with Gasteiger partial charge in [-0.1, -0.05) is 233 Å². The number of fused-ring (bicyclic) bond motifs is 8. The Morgan fingerprint density at radius 1 is 0.213 bits per heavy atom. The number of hydrogen-bond acceptors (Lipinski definition) is 6. The third kappa shape index (κ3) is 11.5. The SMILES string of the molecule is CC(C)(C)c1ccc(N(c2ccc(C(C)(C)C)cc2)c2cc3c4c(c2)Oc2cc(C(C)(C)C)cc(C(C)(C)C)c2B4c2cc4c(cc2O3)Oc2cc(N(c3ccc(C(C)(C)C)cc3)c3ccc(C(C)(C)C)cc3)cc3c2B4c2c(cc(C(C)(C)C)cc2C(C)(C)C)O3)cc1. The highest BCUT2D eigenvalue weighted by atomic mass is 16.5. The summed E-state index contributed by atoms with van der Waals surface area (Å²) in [6, 6.07) is 59.5. The second-order valence-corrected chi connectivity index (χ2v) is 35.6. The fourth-order valence-corrected chi connectivity index (χ4v) is 14.4. The molecule has 6 nitrogen and oxygen atoms in total. The van der Waals surface area contributed by atoms with E-state index in [-0.39, 0.29) is 56.7 Å². The van der Waals surface area contributed by atoms with Gasteiger partial charge in [-0.25, -0.2) is 0 Å². The zero-order chi connectivity index (χ0) is 67.7. The Hall–Kier alpha value is -8.09. The molecular weight excluding hydrogens is 1150 g/mol. The Bertz CT molecular complexity index is 4080. The molecule has 0 aromatic heterocycles. The summed E-state index contributed by atoms with van der Waals surface area (Å²) in [4.78, 5) is 4.72. The van der Waals surface area contributed by atoms with Crippen molar-refractivity contribution in [3.05, 3.63) is 202 Å². The monoisotopic (exact) mass is 1240 g/mol. The normalized spacial score (nSPS) is 14.3. The first-order valence-electron chi connectivity index (χ1n) is 34.3. The van der Waals surface area contributed by atoms with Crippen molar-refractivity contribution in [1.82, 2.24) is 0 Å². The second-order valence-electron chi connectivity index (χ2n) is 35.6. The molecule has 482 valence electrons. The van der Waals surface area contributed by atoms with E-state index in [4.69, 9.17) is 18.9 Å². The molecule has 0 saturated carbocycles. The van der Waals surface area contributed by atoms with Crippen LogP contribution in [0.25, 0.3) is 0 Å². The zero-order valence-electron chi connectivity index (χ0n) is 60.7. The molecule has 8 heteroatoms. The third-order valence-electron chi connectivity index (χ3n) is 20.1. The molecule has 13 rings (SSSR count). The van der Waals surface area contributed by atoms with Gasteiger partial charge in [0.05, 0.1) is 11.4 Å². The molecule has 0 spiro atoms. The predicted molar refractivity (Wildman–Crippen MR) is 401 cm³/mol. The molecule has 0 bridgehead atoms. The van der Waals surface area contributed by atoms with Crippen LogP contribution in [-0.2, 0) is 43.3 Å². The van der Waals surface area contributed by atoms with E-state index in [1.54, 1.807) is 0 Å². The van der Waals surface area contributed by atoms with Gasteiger partial charge in [0.15, 0.2) is 0 Å². The van der Waals surface area contributed by atoms with Crippen molar-refractivity contribution in [1.29, 1.82) is 0 Å². The van der Waals surface area contributed by atoms with Crippen molar-refractivity contribution in [2.24, 2.45) is 0 Å². The summed E-state index contributed by atoms with van der Waals surface area (Å²) in [6.07, 6.45) is 0. The van der Waals surface area contributed by atoms with Crippen LogP contribution < -0.4 is 61.5 Å². The maximum atomic E-state index is 7.62. The lowest BCUT2D eigenvalue weighted by Crippen LogP contribution is -2.63. The Morgan fingerprint density at radius 3 is 0.681 bits per heavy atom. The molecule has 0 N–H and O–H groups in total. The van der Waals surface area contributed by atoms with E-state index in [1.807, 2.05) is 0 Å². The van der Waals surface area contributed by atoms with Crippen LogP contribution in [0.3, 0.4) is 0 Å². The Morgan fingerprint density at radius 2 is 0.447 bits per heavy atom. The second kappa shape index (κ2) is 21.7. The minimum Gasteiger partial charge on any atom is -0.458 e. The quantitative estimate of drug-likeness (QED) is 0.155. The van der Waals surface area contributed by atoms with E-state index in [1.165, 1.54) is 55.4 Å². The van der Waals surface area contributed by atoms with E-state index >= 15 is 0 Å². The molecule has 0 aliphatic carbocycles. The number of hydrogen-bond donors (Lipinski definition) is 0. The fourth-order valence-electron chi connectivity index (χ4n) is 14.4. The highest BCUT2D eigenvalue weighted by Gasteiger charge is 2.49. The lowest BCUT2D eigenvalue weighted by molar-refractivity contribution is 0.449. The Labute approximate surface area is 563 Å². The van der Waals surface area contributed by atoms with Gasteiger partial charge in [-0.2, -0.15) is 0 Å². The van der Waals surface area contributed by atoms with Gasteiger partial charge in [-0.15, -0.1) is 0 Å². The smallest absolute Gasteiger partial charge is 0.261 e. The van der Waals surface area contributed by atoms with Crippen LogP contribution in [0.5, 0.6) is 46.0 Å². The maximum absolute atomic E-state index is 7.62. The molecule has 9 aromatic carbocycles. The average molecular weight is 1250 g/mol. The molecule has 4 aliphatic rings. The van der Waals surface area contributed by atoms with Crippen LogP contribution in [0, 0.1) is 0 Å². The van der Waals surface area contributed by atoms with Gasteiger partial charge in [0.2, 0.25) is 0 Å². The molecule has 0 amide bonds. The molecule has 94 heavy (non-hydrogen) atoms. The number of anilines is 6. The van der Waals surface area contributed by atoms with Gasteiger partial charge in [-0.05, 0) is 170 Å². The van der Waals surface area contributed by atoms with Gasteiger partial charge < -0.3 is 28.7 Å². The summed E-state index contributed by atoms with van der Waals surface area (Å²) < 4.78 is 30.3. The van der Waals surface area contributed by atoms with E-state index < -0.39 is 0 Å². The van der Waals surface area contributed by atoms with Crippen LogP contribution in [0.15, 0.2) is 158 Å². The molecule has 0 unspecified atom stereocenters. The van der Waals surface area contributed by atoms with Crippen LogP contribution in [0.2, 0.25) is 0 Å². The van der Waals surface area contributed by atoms with Gasteiger partial charge >= 0.3 is 0 Å². The van der Waals surface area contributed by atoms with Crippen molar-refractivity contribution in [3.63, 3.8) is 0 Å². The number of rotatable bonds is 6. The summed E-state index contributed by atoms with van der Waals surface area (Å²) >= 11 is 0. The number of nitrogens with zero attached hydrogens (tertiary/aromatic N) is 2. The molecule has 0 radical (unpaired) electrons. The lowest BCUT2D eigenvalue weighted by Gasteiger charge is -2.41. The van der Waals surface area contributed by atoms with Crippen LogP contribution in [0.1, 0.15) is 211 Å². The molecular formula is C86H98B2N2O4. The molecule has 0 atom stereocenters. The molecule has 9 aromatic rings. The van der Waals surface area contributed by atoms with Crippen molar-refractivity contribution in [2.45, 2.75) is 209 Å². The molecule has 0 saturated heterocycles. The summed E-state index contributed by atoms with van der Waals surface area (Å²) in [5, 5.41) is 0. The van der Waals surface area contributed by atoms with Crippen molar-refractivity contribution < 1.29 is 18.9 Å². The first kappa shape index (κ1) is 64.6. The highest BCUT2D eigenvalue weighted by Crippen LogP contribution is 2.49. The Balaban J connectivity index is 1.07. The standard InChI is InChI=1S/C86H98B2N2O4/c1-79(2,3)51-25-33-57(34-26-51)89(58-35-27-52(28-36-58)80(4,5)6)61-45-71-77-73(47-61)93-69-43-55(83(13,14)15)41-63(85(19,20)21)75(69)87(77)65-49-66-68(50-67(65)91-71)92-72-46-62(48-74-78(72)88(66)76-64(86(22,23)24)42-56(84(16,17)18)44-70(76)94-74)90(59-37-29-53(30-38-59)81(7,8)9)60-39-31-54(32-40-60)82(10,11)12/h25-50H,1-24H3. The topological polar surface area (TPSA) is 43.4 Å². The molecule has 4 aliphatic heterocycles. The van der Waals surface area contributed by atoms with E-state index in [0.717, 1.165) is 102 Å². The van der Waals surface area contributed by atoms with Crippen molar-refractivity contribution >= 4 is 80.3 Å². The van der Waals surface area contributed by atoms with Gasteiger partial charge in [0, 0.05) is 64.0 Å². The van der Waals surface area contributed by atoms with Crippen molar-refractivity contribution in [2.75, 3.05) is 9.80 Å². The fraction of sp³-hybridized carbons (Fsp3) is 0.372.